The van der Waals surface area contributed by atoms with Gasteiger partial charge >= 0.3 is 0 Å². The lowest BCUT2D eigenvalue weighted by molar-refractivity contribution is 0.825. The third kappa shape index (κ3) is 4.97. The Morgan fingerprint density at radius 2 is 2.25 bits per heavy atom. The summed E-state index contributed by atoms with van der Waals surface area (Å²) in [7, 11) is 0. The number of nitrogens with two attached hydrogens (primary N) is 1. The van der Waals surface area contributed by atoms with Gasteiger partial charge in [0.05, 0.1) is 10.7 Å². The summed E-state index contributed by atoms with van der Waals surface area (Å²) in [6.07, 6.45) is 3.45. The lowest BCUT2D eigenvalue weighted by Crippen LogP contribution is -2.33. The number of hydrogen-bond donors (Lipinski definition) is 2. The van der Waals surface area contributed by atoms with Crippen molar-refractivity contribution in [1.29, 1.82) is 0 Å². The van der Waals surface area contributed by atoms with Crippen molar-refractivity contribution in [2.45, 2.75) is 19.8 Å². The molecule has 0 aromatic carbocycles. The van der Waals surface area contributed by atoms with Gasteiger partial charge in [0.1, 0.15) is 0 Å². The summed E-state index contributed by atoms with van der Waals surface area (Å²) in [5.74, 6) is 0.480. The van der Waals surface area contributed by atoms with Gasteiger partial charge in [0.2, 0.25) is 0 Å². The van der Waals surface area contributed by atoms with Crippen molar-refractivity contribution in [3.63, 3.8) is 0 Å². The molecule has 0 saturated heterocycles. The van der Waals surface area contributed by atoms with Crippen LogP contribution in [0.1, 0.15) is 16.4 Å². The van der Waals surface area contributed by atoms with Crippen LogP contribution in [0.3, 0.4) is 0 Å². The van der Waals surface area contributed by atoms with Crippen LogP contribution in [0.4, 0.5) is 0 Å². The fourth-order valence-corrected chi connectivity index (χ4v) is 2.38. The average Bonchev–Trinajstić information content (AvgIpc) is 2.86. The Kier molecular flexibility index (Phi) is 5.49. The third-order valence-corrected chi connectivity index (χ3v) is 3.55. The molecule has 2 aromatic rings. The van der Waals surface area contributed by atoms with Crippen molar-refractivity contribution in [1.82, 2.24) is 15.3 Å². The zero-order valence-electron chi connectivity index (χ0n) is 11.5. The minimum atomic E-state index is 0.480. The number of nitrogens with one attached hydrogen (secondary N) is 1. The number of pyridine rings is 1. The van der Waals surface area contributed by atoms with Crippen LogP contribution < -0.4 is 11.1 Å². The minimum Gasteiger partial charge on any atom is -0.370 e. The highest BCUT2D eigenvalue weighted by atomic mass is 32.1. The molecule has 2 rings (SSSR count). The number of thiazole rings is 1. The SMILES string of the molecule is Cc1nc(CCNC(N)=NCCc2ccccn2)cs1. The molecule has 0 fully saturated rings. The quantitative estimate of drug-likeness (QED) is 0.624. The van der Waals surface area contributed by atoms with Crippen molar-refractivity contribution in [2.24, 2.45) is 10.7 Å². The Hall–Kier alpha value is -1.95. The average molecular weight is 289 g/mol. The summed E-state index contributed by atoms with van der Waals surface area (Å²) in [4.78, 5) is 12.9. The van der Waals surface area contributed by atoms with Gasteiger partial charge in [-0.15, -0.1) is 11.3 Å². The Morgan fingerprint density at radius 1 is 1.35 bits per heavy atom. The second-order valence-electron chi connectivity index (χ2n) is 4.37. The normalized spacial score (nSPS) is 11.6. The van der Waals surface area contributed by atoms with Gasteiger partial charge in [0.15, 0.2) is 5.96 Å². The lowest BCUT2D eigenvalue weighted by Gasteiger charge is -2.04. The van der Waals surface area contributed by atoms with E-state index < -0.39 is 0 Å². The van der Waals surface area contributed by atoms with Crippen molar-refractivity contribution in [3.05, 3.63) is 46.2 Å². The Balaban J connectivity index is 1.66. The molecule has 0 radical (unpaired) electrons. The Morgan fingerprint density at radius 3 is 2.95 bits per heavy atom. The van der Waals surface area contributed by atoms with E-state index in [9.17, 15) is 0 Å². The predicted molar refractivity (Wildman–Crippen MR) is 83.0 cm³/mol. The molecule has 0 amide bonds. The molecule has 0 bridgehead atoms. The highest BCUT2D eigenvalue weighted by Gasteiger charge is 1.98. The zero-order valence-corrected chi connectivity index (χ0v) is 12.4. The van der Waals surface area contributed by atoms with E-state index in [2.05, 4.69) is 25.7 Å². The van der Waals surface area contributed by atoms with Gasteiger partial charge in [-0.25, -0.2) is 4.98 Å². The molecular formula is C14H19N5S. The van der Waals surface area contributed by atoms with Crippen molar-refractivity contribution >= 4 is 17.3 Å². The second-order valence-corrected chi connectivity index (χ2v) is 5.43. The van der Waals surface area contributed by atoms with E-state index in [-0.39, 0.29) is 0 Å². The van der Waals surface area contributed by atoms with E-state index >= 15 is 0 Å². The van der Waals surface area contributed by atoms with Crippen LogP contribution in [0, 0.1) is 6.92 Å². The molecule has 0 aliphatic heterocycles. The molecule has 0 saturated carbocycles. The van der Waals surface area contributed by atoms with Crippen LogP contribution >= 0.6 is 11.3 Å². The van der Waals surface area contributed by atoms with Gasteiger partial charge in [-0.1, -0.05) is 6.07 Å². The van der Waals surface area contributed by atoms with E-state index in [1.807, 2.05) is 25.1 Å². The van der Waals surface area contributed by atoms with Gasteiger partial charge in [0.25, 0.3) is 0 Å². The van der Waals surface area contributed by atoms with Crippen molar-refractivity contribution in [2.75, 3.05) is 13.1 Å². The summed E-state index contributed by atoms with van der Waals surface area (Å²) >= 11 is 1.67. The molecule has 0 atom stereocenters. The van der Waals surface area contributed by atoms with Crippen molar-refractivity contribution < 1.29 is 0 Å². The van der Waals surface area contributed by atoms with Crippen molar-refractivity contribution in [3.8, 4) is 0 Å². The van der Waals surface area contributed by atoms with E-state index in [1.54, 1.807) is 17.5 Å². The Labute approximate surface area is 123 Å². The monoisotopic (exact) mass is 289 g/mol. The molecular weight excluding hydrogens is 270 g/mol. The number of guanidine groups is 1. The maximum Gasteiger partial charge on any atom is 0.188 e. The molecule has 2 heterocycles. The number of aliphatic imine (C=N–C) groups is 1. The molecule has 106 valence electrons. The first-order valence-electron chi connectivity index (χ1n) is 6.59. The summed E-state index contributed by atoms with van der Waals surface area (Å²) in [5.41, 5.74) is 7.94. The molecule has 3 N–H and O–H groups in total. The van der Waals surface area contributed by atoms with Crippen LogP contribution in [0.5, 0.6) is 0 Å². The molecule has 2 aromatic heterocycles. The Bertz CT molecular complexity index is 550. The number of hydrogen-bond acceptors (Lipinski definition) is 4. The highest BCUT2D eigenvalue weighted by Crippen LogP contribution is 2.07. The van der Waals surface area contributed by atoms with Gasteiger partial charge in [-0.2, -0.15) is 0 Å². The first-order chi connectivity index (χ1) is 9.74. The standard InChI is InChI=1S/C14H19N5S/c1-11-19-13(10-20-11)6-9-18-14(15)17-8-5-12-4-2-3-7-16-12/h2-4,7,10H,5-6,8-9H2,1H3,(H3,15,17,18). The topological polar surface area (TPSA) is 76.2 Å². The van der Waals surface area contributed by atoms with E-state index in [0.717, 1.165) is 35.8 Å². The number of aromatic nitrogens is 2. The second kappa shape index (κ2) is 7.59. The van der Waals surface area contributed by atoms with Gasteiger partial charge in [-0.3, -0.25) is 9.98 Å². The molecule has 6 heteroatoms. The molecule has 0 spiro atoms. The first-order valence-corrected chi connectivity index (χ1v) is 7.47. The maximum absolute atomic E-state index is 5.81. The molecule has 0 unspecified atom stereocenters. The summed E-state index contributed by atoms with van der Waals surface area (Å²) in [6, 6.07) is 5.87. The number of rotatable bonds is 6. The first kappa shape index (κ1) is 14.5. The maximum atomic E-state index is 5.81. The van der Waals surface area contributed by atoms with Crippen LogP contribution in [0.25, 0.3) is 0 Å². The summed E-state index contributed by atoms with van der Waals surface area (Å²) < 4.78 is 0. The van der Waals surface area contributed by atoms with E-state index in [0.29, 0.717) is 12.5 Å². The number of nitrogens with zero attached hydrogens (tertiary/aromatic N) is 3. The van der Waals surface area contributed by atoms with Gasteiger partial charge in [0, 0.05) is 43.2 Å². The third-order valence-electron chi connectivity index (χ3n) is 2.73. The minimum absolute atomic E-state index is 0.480. The van der Waals surface area contributed by atoms with Crippen LogP contribution in [-0.2, 0) is 12.8 Å². The molecule has 20 heavy (non-hydrogen) atoms. The highest BCUT2D eigenvalue weighted by molar-refractivity contribution is 7.09. The van der Waals surface area contributed by atoms with E-state index in [4.69, 9.17) is 5.73 Å². The van der Waals surface area contributed by atoms with Gasteiger partial charge < -0.3 is 11.1 Å². The fraction of sp³-hybridized carbons (Fsp3) is 0.357. The summed E-state index contributed by atoms with van der Waals surface area (Å²) in [6.45, 7) is 3.41. The molecule has 5 nitrogen and oxygen atoms in total. The molecule has 0 aliphatic rings. The van der Waals surface area contributed by atoms with Crippen LogP contribution in [0.2, 0.25) is 0 Å². The zero-order chi connectivity index (χ0) is 14.2. The van der Waals surface area contributed by atoms with Crippen LogP contribution in [-0.4, -0.2) is 29.0 Å². The fourth-order valence-electron chi connectivity index (χ4n) is 1.73. The van der Waals surface area contributed by atoms with Crippen LogP contribution in [0.15, 0.2) is 34.8 Å². The smallest absolute Gasteiger partial charge is 0.188 e. The van der Waals surface area contributed by atoms with E-state index in [1.165, 1.54) is 0 Å². The van der Waals surface area contributed by atoms with Gasteiger partial charge in [-0.05, 0) is 19.1 Å². The predicted octanol–water partition coefficient (Wildman–Crippen LogP) is 1.54. The number of aryl methyl sites for hydroxylation is 1. The largest absolute Gasteiger partial charge is 0.370 e. The summed E-state index contributed by atoms with van der Waals surface area (Å²) in [5, 5.41) is 6.27. The lowest BCUT2D eigenvalue weighted by atomic mass is 10.3. The molecule has 0 aliphatic carbocycles.